The predicted molar refractivity (Wildman–Crippen MR) is 81.1 cm³/mol. The molecule has 0 radical (unpaired) electrons. The van der Waals surface area contributed by atoms with Gasteiger partial charge in [-0.15, -0.1) is 0 Å². The number of hydrogen-bond donors (Lipinski definition) is 3. The van der Waals surface area contributed by atoms with Crippen molar-refractivity contribution in [3.63, 3.8) is 0 Å². The van der Waals surface area contributed by atoms with Crippen molar-refractivity contribution < 1.29 is 9.90 Å². The second-order valence-electron chi connectivity index (χ2n) is 4.95. The fourth-order valence-electron chi connectivity index (χ4n) is 2.11. The van der Waals surface area contributed by atoms with Gasteiger partial charge in [-0.2, -0.15) is 5.10 Å². The highest BCUT2D eigenvalue weighted by molar-refractivity contribution is 7.99. The van der Waals surface area contributed by atoms with E-state index in [0.717, 1.165) is 5.56 Å². The van der Waals surface area contributed by atoms with Gasteiger partial charge in [0, 0.05) is 11.8 Å². The number of aliphatic carboxylic acids is 1. The maximum atomic E-state index is 12.0. The number of H-pyrrole nitrogens is 1. The summed E-state index contributed by atoms with van der Waals surface area (Å²) in [5, 5.41) is 20.1. The molecule has 0 fully saturated rings. The van der Waals surface area contributed by atoms with Crippen molar-refractivity contribution in [3.05, 3.63) is 42.2 Å². The number of carboxylic acids is 1. The van der Waals surface area contributed by atoms with Gasteiger partial charge in [0.15, 0.2) is 10.7 Å². The molecule has 0 saturated heterocycles. The molecule has 0 aliphatic heterocycles. The Labute approximate surface area is 127 Å². The summed E-state index contributed by atoms with van der Waals surface area (Å²) >= 11 is 1.33. The second kappa shape index (κ2) is 6.73. The third-order valence-electron chi connectivity index (χ3n) is 2.99. The lowest BCUT2D eigenvalue weighted by atomic mass is 9.91. The summed E-state index contributed by atoms with van der Waals surface area (Å²) in [7, 11) is 0. The predicted octanol–water partition coefficient (Wildman–Crippen LogP) is 1.87. The standard InChI is InChI=1S/C14H18N4O2S/c1-10(2)17-14(12(19)20,11-6-4-3-5-7-11)8-21-13-15-9-16-18-13/h3-7,9-10,17H,8H2,1-2H3,(H,19,20)(H,15,16,18). The Kier molecular flexibility index (Phi) is 4.98. The van der Waals surface area contributed by atoms with Crippen LogP contribution in [-0.4, -0.2) is 38.1 Å². The SMILES string of the molecule is CC(C)NC(CSc1ncn[nH]1)(C(=O)O)c1ccccc1. The fraction of sp³-hybridized carbons (Fsp3) is 0.357. The van der Waals surface area contributed by atoms with Crippen LogP contribution < -0.4 is 5.32 Å². The molecule has 1 aromatic heterocycles. The van der Waals surface area contributed by atoms with Gasteiger partial charge in [-0.25, -0.2) is 9.78 Å². The van der Waals surface area contributed by atoms with E-state index in [1.165, 1.54) is 18.1 Å². The number of aromatic nitrogens is 3. The molecule has 2 aromatic rings. The molecular weight excluding hydrogens is 288 g/mol. The lowest BCUT2D eigenvalue weighted by Crippen LogP contribution is -2.54. The van der Waals surface area contributed by atoms with Crippen LogP contribution >= 0.6 is 11.8 Å². The molecule has 7 heteroatoms. The highest BCUT2D eigenvalue weighted by atomic mass is 32.2. The van der Waals surface area contributed by atoms with Crippen LogP contribution in [0.1, 0.15) is 19.4 Å². The third-order valence-corrected chi connectivity index (χ3v) is 4.03. The van der Waals surface area contributed by atoms with Crippen LogP contribution in [-0.2, 0) is 10.3 Å². The van der Waals surface area contributed by atoms with Gasteiger partial charge in [-0.05, 0) is 19.4 Å². The van der Waals surface area contributed by atoms with Crippen molar-refractivity contribution in [1.29, 1.82) is 0 Å². The van der Waals surface area contributed by atoms with Gasteiger partial charge in [0.1, 0.15) is 6.33 Å². The van der Waals surface area contributed by atoms with Gasteiger partial charge in [-0.1, -0.05) is 42.1 Å². The summed E-state index contributed by atoms with van der Waals surface area (Å²) in [6, 6.07) is 9.23. The Bertz CT molecular complexity index is 574. The first-order chi connectivity index (χ1) is 10.0. The van der Waals surface area contributed by atoms with Crippen LogP contribution in [0.5, 0.6) is 0 Å². The molecule has 0 aliphatic carbocycles. The lowest BCUT2D eigenvalue weighted by molar-refractivity contribution is -0.144. The second-order valence-corrected chi connectivity index (χ2v) is 5.92. The molecule has 1 aromatic carbocycles. The quantitative estimate of drug-likeness (QED) is 0.677. The molecule has 1 unspecified atom stereocenters. The van der Waals surface area contributed by atoms with Crippen LogP contribution in [0.3, 0.4) is 0 Å². The highest BCUT2D eigenvalue weighted by Crippen LogP contribution is 2.29. The molecule has 0 bridgehead atoms. The maximum Gasteiger partial charge on any atom is 0.329 e. The number of hydrogen-bond acceptors (Lipinski definition) is 5. The molecule has 0 spiro atoms. The van der Waals surface area contributed by atoms with E-state index in [1.54, 1.807) is 0 Å². The van der Waals surface area contributed by atoms with E-state index in [0.29, 0.717) is 10.9 Å². The molecule has 1 heterocycles. The molecule has 0 amide bonds. The average molecular weight is 306 g/mol. The molecule has 3 N–H and O–H groups in total. The van der Waals surface area contributed by atoms with E-state index in [2.05, 4.69) is 20.5 Å². The summed E-state index contributed by atoms with van der Waals surface area (Å²) in [4.78, 5) is 16.0. The minimum atomic E-state index is -1.17. The Morgan fingerprint density at radius 3 is 2.67 bits per heavy atom. The Hall–Kier alpha value is -1.86. The van der Waals surface area contributed by atoms with Crippen molar-refractivity contribution in [2.45, 2.75) is 30.6 Å². The minimum absolute atomic E-state index is 0.0247. The molecule has 112 valence electrons. The van der Waals surface area contributed by atoms with E-state index in [4.69, 9.17) is 0 Å². The molecular formula is C14H18N4O2S. The zero-order valence-electron chi connectivity index (χ0n) is 11.9. The fourth-order valence-corrected chi connectivity index (χ4v) is 3.08. The first-order valence-electron chi connectivity index (χ1n) is 6.59. The van der Waals surface area contributed by atoms with E-state index in [-0.39, 0.29) is 6.04 Å². The summed E-state index contributed by atoms with van der Waals surface area (Å²) < 4.78 is 0. The normalized spacial score (nSPS) is 14.0. The number of carbonyl (C=O) groups is 1. The Morgan fingerprint density at radius 1 is 1.43 bits per heavy atom. The molecule has 6 nitrogen and oxygen atoms in total. The maximum absolute atomic E-state index is 12.0. The van der Waals surface area contributed by atoms with E-state index < -0.39 is 11.5 Å². The number of carboxylic acid groups (broad SMARTS) is 1. The van der Waals surface area contributed by atoms with Crippen molar-refractivity contribution in [2.75, 3.05) is 5.75 Å². The van der Waals surface area contributed by atoms with Crippen LogP contribution in [0.25, 0.3) is 0 Å². The first-order valence-corrected chi connectivity index (χ1v) is 7.58. The molecule has 2 rings (SSSR count). The van der Waals surface area contributed by atoms with E-state index in [9.17, 15) is 9.90 Å². The Morgan fingerprint density at radius 2 is 2.14 bits per heavy atom. The zero-order valence-corrected chi connectivity index (χ0v) is 12.7. The van der Waals surface area contributed by atoms with E-state index >= 15 is 0 Å². The monoisotopic (exact) mass is 306 g/mol. The van der Waals surface area contributed by atoms with Crippen molar-refractivity contribution in [1.82, 2.24) is 20.5 Å². The van der Waals surface area contributed by atoms with Gasteiger partial charge in [0.25, 0.3) is 0 Å². The molecule has 0 aliphatic rings. The van der Waals surface area contributed by atoms with E-state index in [1.807, 2.05) is 44.2 Å². The van der Waals surface area contributed by atoms with Gasteiger partial charge < -0.3 is 5.11 Å². The highest BCUT2D eigenvalue weighted by Gasteiger charge is 2.41. The summed E-state index contributed by atoms with van der Waals surface area (Å²) in [5.41, 5.74) is -0.453. The number of thioether (sulfide) groups is 1. The number of aromatic amines is 1. The van der Waals surface area contributed by atoms with Gasteiger partial charge in [-0.3, -0.25) is 10.4 Å². The third kappa shape index (κ3) is 3.62. The van der Waals surface area contributed by atoms with Crippen LogP contribution in [0.15, 0.2) is 41.8 Å². The minimum Gasteiger partial charge on any atom is -0.480 e. The Balaban J connectivity index is 2.33. The lowest BCUT2D eigenvalue weighted by Gasteiger charge is -2.32. The smallest absolute Gasteiger partial charge is 0.329 e. The van der Waals surface area contributed by atoms with Crippen molar-refractivity contribution in [3.8, 4) is 0 Å². The summed E-state index contributed by atoms with van der Waals surface area (Å²) in [6.07, 6.45) is 1.41. The van der Waals surface area contributed by atoms with Crippen molar-refractivity contribution in [2.24, 2.45) is 0 Å². The summed E-state index contributed by atoms with van der Waals surface area (Å²) in [6.45, 7) is 3.86. The topological polar surface area (TPSA) is 90.9 Å². The number of nitrogens with zero attached hydrogens (tertiary/aromatic N) is 2. The van der Waals surface area contributed by atoms with Crippen LogP contribution in [0.4, 0.5) is 0 Å². The number of nitrogens with one attached hydrogen (secondary N) is 2. The largest absolute Gasteiger partial charge is 0.480 e. The van der Waals surface area contributed by atoms with Crippen LogP contribution in [0.2, 0.25) is 0 Å². The number of rotatable bonds is 7. The zero-order chi connectivity index (χ0) is 15.3. The summed E-state index contributed by atoms with van der Waals surface area (Å²) in [5.74, 6) is -0.603. The van der Waals surface area contributed by atoms with Gasteiger partial charge in [0.2, 0.25) is 0 Å². The van der Waals surface area contributed by atoms with Crippen LogP contribution in [0, 0.1) is 0 Å². The van der Waals surface area contributed by atoms with Gasteiger partial charge >= 0.3 is 5.97 Å². The molecule has 0 saturated carbocycles. The molecule has 1 atom stereocenters. The molecule has 21 heavy (non-hydrogen) atoms. The first kappa shape index (κ1) is 15.5. The number of benzene rings is 1. The van der Waals surface area contributed by atoms with Crippen molar-refractivity contribution >= 4 is 17.7 Å². The van der Waals surface area contributed by atoms with Gasteiger partial charge in [0.05, 0.1) is 0 Å². The average Bonchev–Trinajstić information content (AvgIpc) is 2.97.